The molecule has 0 aliphatic heterocycles. The molecule has 1 aliphatic rings. The van der Waals surface area contributed by atoms with Gasteiger partial charge in [-0.3, -0.25) is 9.20 Å². The van der Waals surface area contributed by atoms with Gasteiger partial charge in [-0.25, -0.2) is 9.37 Å². The fourth-order valence-corrected chi connectivity index (χ4v) is 3.75. The van der Waals surface area contributed by atoms with Gasteiger partial charge in [0.05, 0.1) is 31.4 Å². The molecule has 3 aromatic heterocycles. The number of halogens is 1. The summed E-state index contributed by atoms with van der Waals surface area (Å²) >= 11 is 0. The van der Waals surface area contributed by atoms with E-state index in [2.05, 4.69) is 20.4 Å². The number of pyridine rings is 1. The molecule has 1 amide bonds. The lowest BCUT2D eigenvalue weighted by molar-refractivity contribution is 0.0385. The number of fused-ring (bicyclic) bond motifs is 1. The molecular formula is C24H24FN5O4. The number of aryl methyl sites for hydroxylation is 1. The lowest BCUT2D eigenvalue weighted by atomic mass is 10.1. The van der Waals surface area contributed by atoms with Crippen LogP contribution in [0.5, 0.6) is 0 Å². The Bertz CT molecular complexity index is 1350. The molecule has 1 fully saturated rings. The minimum Gasteiger partial charge on any atom is -0.394 e. The monoisotopic (exact) mass is 465 g/mol. The largest absolute Gasteiger partial charge is 0.394 e. The Morgan fingerprint density at radius 2 is 2.21 bits per heavy atom. The molecule has 3 heterocycles. The van der Waals surface area contributed by atoms with Crippen molar-refractivity contribution in [3.63, 3.8) is 0 Å². The van der Waals surface area contributed by atoms with Gasteiger partial charge in [0.1, 0.15) is 17.5 Å². The van der Waals surface area contributed by atoms with Crippen LogP contribution < -0.4 is 5.32 Å². The van der Waals surface area contributed by atoms with Gasteiger partial charge in [-0.05, 0) is 49.6 Å². The maximum atomic E-state index is 13.3. The number of anilines is 1. The quantitative estimate of drug-likeness (QED) is 0.406. The Morgan fingerprint density at radius 3 is 2.97 bits per heavy atom. The van der Waals surface area contributed by atoms with E-state index in [1.165, 1.54) is 6.20 Å². The normalized spacial score (nSPS) is 18.2. The third-order valence-electron chi connectivity index (χ3n) is 5.91. The van der Waals surface area contributed by atoms with Crippen molar-refractivity contribution < 1.29 is 23.6 Å². The van der Waals surface area contributed by atoms with Crippen molar-refractivity contribution in [1.29, 1.82) is 0 Å². The van der Waals surface area contributed by atoms with Gasteiger partial charge in [0.25, 0.3) is 5.91 Å². The number of alkyl halides is 1. The summed E-state index contributed by atoms with van der Waals surface area (Å²) in [7, 11) is 0. The molecule has 0 unspecified atom stereocenters. The van der Waals surface area contributed by atoms with Crippen molar-refractivity contribution in [3.8, 4) is 11.4 Å². The highest BCUT2D eigenvalue weighted by molar-refractivity contribution is 6.04. The molecule has 3 atom stereocenters. The number of imidazole rings is 1. The molecule has 0 spiro atoms. The Hall–Kier alpha value is -3.63. The van der Waals surface area contributed by atoms with Gasteiger partial charge in [0.15, 0.2) is 0 Å². The number of ether oxygens (including phenoxy) is 1. The molecule has 2 N–H and O–H groups in total. The first-order valence-corrected chi connectivity index (χ1v) is 11.0. The number of nitrogens with one attached hydrogen (secondary N) is 1. The molecule has 0 bridgehead atoms. The topological polar surface area (TPSA) is 115 Å². The van der Waals surface area contributed by atoms with Crippen molar-refractivity contribution in [3.05, 3.63) is 65.4 Å². The van der Waals surface area contributed by atoms with Crippen LogP contribution in [0.2, 0.25) is 0 Å². The van der Waals surface area contributed by atoms with Gasteiger partial charge < -0.3 is 19.7 Å². The molecule has 9 nitrogen and oxygen atoms in total. The molecule has 1 saturated carbocycles. The number of aliphatic hydroxyl groups is 1. The predicted molar refractivity (Wildman–Crippen MR) is 121 cm³/mol. The van der Waals surface area contributed by atoms with Gasteiger partial charge in [-0.1, -0.05) is 17.3 Å². The number of nitrogens with zero attached hydrogens (tertiary/aromatic N) is 4. The van der Waals surface area contributed by atoms with Gasteiger partial charge in [0.2, 0.25) is 11.7 Å². The van der Waals surface area contributed by atoms with Crippen LogP contribution in [0.3, 0.4) is 0 Å². The third-order valence-corrected chi connectivity index (χ3v) is 5.91. The van der Waals surface area contributed by atoms with E-state index in [1.54, 1.807) is 16.7 Å². The Morgan fingerprint density at radius 1 is 1.38 bits per heavy atom. The molecule has 4 aromatic rings. The predicted octanol–water partition coefficient (Wildman–Crippen LogP) is 3.84. The highest BCUT2D eigenvalue weighted by Gasteiger charge is 2.43. The molecule has 176 valence electrons. The van der Waals surface area contributed by atoms with E-state index in [0.29, 0.717) is 40.7 Å². The molecular weight excluding hydrogens is 441 g/mol. The van der Waals surface area contributed by atoms with E-state index in [4.69, 9.17) is 14.4 Å². The molecule has 5 rings (SSSR count). The zero-order valence-electron chi connectivity index (χ0n) is 18.7. The molecule has 1 aromatic carbocycles. The fourth-order valence-electron chi connectivity index (χ4n) is 3.75. The molecule has 10 heteroatoms. The summed E-state index contributed by atoms with van der Waals surface area (Å²) in [5, 5.41) is 15.8. The summed E-state index contributed by atoms with van der Waals surface area (Å²) < 4.78 is 25.7. The minimum absolute atomic E-state index is 0.0482. The van der Waals surface area contributed by atoms with E-state index < -0.39 is 6.17 Å². The molecule has 1 aliphatic carbocycles. The summed E-state index contributed by atoms with van der Waals surface area (Å²) in [6.07, 6.45) is 2.57. The number of hydrogen-bond acceptors (Lipinski definition) is 7. The number of amides is 1. The number of benzene rings is 1. The van der Waals surface area contributed by atoms with E-state index in [1.807, 2.05) is 38.1 Å². The van der Waals surface area contributed by atoms with Crippen LogP contribution in [0.15, 0.2) is 47.2 Å². The van der Waals surface area contributed by atoms with Crippen LogP contribution in [0.1, 0.15) is 52.9 Å². The van der Waals surface area contributed by atoms with Crippen LogP contribution in [0.4, 0.5) is 10.1 Å². The number of hydrogen-bond donors (Lipinski definition) is 2. The Kier molecular flexibility index (Phi) is 5.84. The summed E-state index contributed by atoms with van der Waals surface area (Å²) in [5.74, 6) is 0.0159. The van der Waals surface area contributed by atoms with Gasteiger partial charge in [-0.15, -0.1) is 0 Å². The summed E-state index contributed by atoms with van der Waals surface area (Å²) in [5.41, 5.74) is 4.00. The average Bonchev–Trinajstić information content (AvgIpc) is 3.23. The van der Waals surface area contributed by atoms with E-state index >= 15 is 0 Å². The number of carbonyl (C=O) groups excluding carboxylic acids is 1. The first-order chi connectivity index (χ1) is 16.4. The van der Waals surface area contributed by atoms with Crippen LogP contribution in [-0.2, 0) is 4.74 Å². The third kappa shape index (κ3) is 4.29. The van der Waals surface area contributed by atoms with Crippen LogP contribution in [0.25, 0.3) is 17.0 Å². The lowest BCUT2D eigenvalue weighted by Gasteiger charge is -2.13. The SMILES string of the molecule is Cc1ccc(-c2noc([C@H]3C[C@@H]3F)n2)cc1NC(=O)c1cnc2cc([C@H](C)OCCO)ccn12. The van der Waals surface area contributed by atoms with E-state index in [0.717, 1.165) is 11.1 Å². The van der Waals surface area contributed by atoms with E-state index in [-0.39, 0.29) is 31.1 Å². The second kappa shape index (κ2) is 8.96. The van der Waals surface area contributed by atoms with Gasteiger partial charge in [0, 0.05) is 17.4 Å². The maximum Gasteiger partial charge on any atom is 0.274 e. The minimum atomic E-state index is -0.918. The fraction of sp³-hybridized carbons (Fsp3) is 0.333. The zero-order valence-corrected chi connectivity index (χ0v) is 18.7. The summed E-state index contributed by atoms with van der Waals surface area (Å²) in [6.45, 7) is 3.97. The second-order valence-electron chi connectivity index (χ2n) is 8.37. The zero-order chi connectivity index (χ0) is 23.8. The van der Waals surface area contributed by atoms with Crippen molar-refractivity contribution in [2.45, 2.75) is 38.5 Å². The number of rotatable bonds is 8. The van der Waals surface area contributed by atoms with Crippen molar-refractivity contribution >= 4 is 17.2 Å². The van der Waals surface area contributed by atoms with Crippen LogP contribution in [-0.4, -0.2) is 49.9 Å². The van der Waals surface area contributed by atoms with Crippen molar-refractivity contribution in [1.82, 2.24) is 19.5 Å². The van der Waals surface area contributed by atoms with E-state index in [9.17, 15) is 9.18 Å². The summed E-state index contributed by atoms with van der Waals surface area (Å²) in [6, 6.07) is 9.15. The van der Waals surface area contributed by atoms with Gasteiger partial charge >= 0.3 is 0 Å². The number of aromatic nitrogens is 4. The molecule has 0 radical (unpaired) electrons. The second-order valence-corrected chi connectivity index (χ2v) is 8.37. The van der Waals surface area contributed by atoms with Crippen molar-refractivity contribution in [2.75, 3.05) is 18.5 Å². The number of carbonyl (C=O) groups is 1. The first kappa shape index (κ1) is 22.2. The Balaban J connectivity index is 1.35. The lowest BCUT2D eigenvalue weighted by Crippen LogP contribution is -2.15. The smallest absolute Gasteiger partial charge is 0.274 e. The average molecular weight is 465 g/mol. The summed E-state index contributed by atoms with van der Waals surface area (Å²) in [4.78, 5) is 21.7. The molecule has 0 saturated heterocycles. The molecule has 34 heavy (non-hydrogen) atoms. The standard InChI is InChI=1S/C24H24FN5O4/c1-13-3-4-16(22-28-24(34-29-22)17-11-18(17)25)9-19(13)27-23(32)20-12-26-21-10-15(5-6-30(20)21)14(2)33-8-7-31/h3-6,9-10,12,14,17-18,31H,7-8,11H2,1-2H3,(H,27,32)/t14-,17-,18-/m0/s1. The first-order valence-electron chi connectivity index (χ1n) is 11.0. The van der Waals surface area contributed by atoms with Crippen LogP contribution in [0, 0.1) is 6.92 Å². The highest BCUT2D eigenvalue weighted by atomic mass is 19.1. The van der Waals surface area contributed by atoms with Crippen LogP contribution >= 0.6 is 0 Å². The highest BCUT2D eigenvalue weighted by Crippen LogP contribution is 2.43. The van der Waals surface area contributed by atoms with Crippen molar-refractivity contribution in [2.24, 2.45) is 0 Å². The Labute approximate surface area is 194 Å². The number of aliphatic hydroxyl groups excluding tert-OH is 1. The maximum absolute atomic E-state index is 13.3. The van der Waals surface area contributed by atoms with Gasteiger partial charge in [-0.2, -0.15) is 4.98 Å².